The highest BCUT2D eigenvalue weighted by Gasteiger charge is 2.27. The molecule has 0 saturated carbocycles. The van der Waals surface area contributed by atoms with Crippen LogP contribution in [0, 0.1) is 18.3 Å². The van der Waals surface area contributed by atoms with E-state index in [1.54, 1.807) is 0 Å². The minimum atomic E-state index is -0.523. The fourth-order valence-corrected chi connectivity index (χ4v) is 3.70. The summed E-state index contributed by atoms with van der Waals surface area (Å²) in [5.74, 6) is 1.34. The van der Waals surface area contributed by atoms with Crippen molar-refractivity contribution in [2.24, 2.45) is 0 Å². The van der Waals surface area contributed by atoms with Crippen LogP contribution in [0.15, 0.2) is 24.3 Å². The molecule has 1 unspecified atom stereocenters. The number of aromatic nitrogens is 2. The maximum absolute atomic E-state index is 12.2. The van der Waals surface area contributed by atoms with Gasteiger partial charge in [-0.3, -0.25) is 0 Å². The number of unbranched alkanes of at least 4 members (excludes halogenated alkanes) is 1. The lowest BCUT2D eigenvalue weighted by atomic mass is 10.1. The first-order chi connectivity index (χ1) is 15.7. The number of nitrogens with one attached hydrogen (secondary N) is 2. The number of ether oxygens (including phenoxy) is 1. The van der Waals surface area contributed by atoms with Crippen molar-refractivity contribution in [3.8, 4) is 6.07 Å². The van der Waals surface area contributed by atoms with Crippen molar-refractivity contribution < 1.29 is 9.53 Å². The molecule has 8 nitrogen and oxygen atoms in total. The number of amides is 1. The molecule has 1 aliphatic heterocycles. The molecule has 2 aromatic rings. The molecule has 0 bridgehead atoms. The number of nitriles is 1. The molecule has 1 aromatic carbocycles. The molecule has 1 amide bonds. The Morgan fingerprint density at radius 1 is 1.30 bits per heavy atom. The van der Waals surface area contributed by atoms with Gasteiger partial charge in [0.2, 0.25) is 5.95 Å². The lowest BCUT2D eigenvalue weighted by Gasteiger charge is -2.22. The predicted molar refractivity (Wildman–Crippen MR) is 130 cm³/mol. The van der Waals surface area contributed by atoms with Crippen LogP contribution in [0.25, 0.3) is 0 Å². The summed E-state index contributed by atoms with van der Waals surface area (Å²) in [6.45, 7) is 11.1. The van der Waals surface area contributed by atoms with Crippen LogP contribution in [0.2, 0.25) is 0 Å². The van der Waals surface area contributed by atoms with Crippen LogP contribution in [0.5, 0.6) is 0 Å². The van der Waals surface area contributed by atoms with Crippen molar-refractivity contribution >= 4 is 23.5 Å². The fraction of sp³-hybridized carbons (Fsp3) is 0.520. The molecule has 1 aliphatic rings. The smallest absolute Gasteiger partial charge is 0.407 e. The van der Waals surface area contributed by atoms with Crippen LogP contribution in [0.3, 0.4) is 0 Å². The Morgan fingerprint density at radius 3 is 2.79 bits per heavy atom. The number of benzene rings is 1. The van der Waals surface area contributed by atoms with Gasteiger partial charge in [-0.2, -0.15) is 10.2 Å². The highest BCUT2D eigenvalue weighted by Crippen LogP contribution is 2.24. The van der Waals surface area contributed by atoms with Crippen LogP contribution < -0.4 is 15.5 Å². The standard InChI is InChI=1S/C25H34N6O2/c1-6-7-8-19-14-22(31-12-11-21(16-31)29-24(32)33-25(3,4)5)30-23(27-19)28-20-10-9-17(2)18(13-20)15-26/h9-10,13-14,21H,6-8,11-12,16H2,1-5H3,(H,29,32)(H,27,28,30). The molecule has 1 aromatic heterocycles. The third-order valence-corrected chi connectivity index (χ3v) is 5.40. The zero-order chi connectivity index (χ0) is 24.0. The van der Waals surface area contributed by atoms with Gasteiger partial charge < -0.3 is 20.3 Å². The first-order valence-electron chi connectivity index (χ1n) is 11.6. The topological polar surface area (TPSA) is 103 Å². The van der Waals surface area contributed by atoms with Gasteiger partial charge in [-0.15, -0.1) is 0 Å². The zero-order valence-corrected chi connectivity index (χ0v) is 20.2. The van der Waals surface area contributed by atoms with Crippen LogP contribution in [0.4, 0.5) is 22.2 Å². The Bertz CT molecular complexity index is 1020. The van der Waals surface area contributed by atoms with Crippen LogP contribution in [-0.2, 0) is 11.2 Å². The van der Waals surface area contributed by atoms with Crippen LogP contribution >= 0.6 is 0 Å². The van der Waals surface area contributed by atoms with E-state index in [9.17, 15) is 10.1 Å². The second-order valence-electron chi connectivity index (χ2n) is 9.49. The molecule has 176 valence electrons. The molecule has 1 saturated heterocycles. The molecule has 3 rings (SSSR count). The molecular formula is C25H34N6O2. The first-order valence-corrected chi connectivity index (χ1v) is 11.6. The summed E-state index contributed by atoms with van der Waals surface area (Å²) in [6.07, 6.45) is 3.42. The summed E-state index contributed by atoms with van der Waals surface area (Å²) in [7, 11) is 0. The summed E-state index contributed by atoms with van der Waals surface area (Å²) in [6, 6.07) is 9.90. The van der Waals surface area contributed by atoms with Gasteiger partial charge in [0.25, 0.3) is 0 Å². The second kappa shape index (κ2) is 10.5. The van der Waals surface area contributed by atoms with Crippen molar-refractivity contribution in [3.63, 3.8) is 0 Å². The summed E-state index contributed by atoms with van der Waals surface area (Å²) >= 11 is 0. The molecule has 1 fully saturated rings. The van der Waals surface area contributed by atoms with E-state index >= 15 is 0 Å². The van der Waals surface area contributed by atoms with Gasteiger partial charge in [0.1, 0.15) is 11.4 Å². The minimum Gasteiger partial charge on any atom is -0.444 e. The van der Waals surface area contributed by atoms with Gasteiger partial charge in [-0.1, -0.05) is 19.4 Å². The monoisotopic (exact) mass is 450 g/mol. The lowest BCUT2D eigenvalue weighted by Crippen LogP contribution is -2.40. The average molecular weight is 451 g/mol. The van der Waals surface area contributed by atoms with E-state index in [1.807, 2.05) is 52.0 Å². The summed E-state index contributed by atoms with van der Waals surface area (Å²) < 4.78 is 5.39. The summed E-state index contributed by atoms with van der Waals surface area (Å²) in [5, 5.41) is 15.6. The summed E-state index contributed by atoms with van der Waals surface area (Å²) in [5.41, 5.74) is 2.78. The third kappa shape index (κ3) is 7.07. The van der Waals surface area contributed by atoms with Gasteiger partial charge >= 0.3 is 6.09 Å². The molecule has 33 heavy (non-hydrogen) atoms. The number of aryl methyl sites for hydroxylation is 2. The lowest BCUT2D eigenvalue weighted by molar-refractivity contribution is 0.0509. The number of hydrogen-bond acceptors (Lipinski definition) is 7. The van der Waals surface area contributed by atoms with E-state index in [1.165, 1.54) is 0 Å². The first kappa shape index (κ1) is 24.3. The predicted octanol–water partition coefficient (Wildman–Crippen LogP) is 4.85. The van der Waals surface area contributed by atoms with E-state index < -0.39 is 11.7 Å². The quantitative estimate of drug-likeness (QED) is 0.622. The van der Waals surface area contributed by atoms with Gasteiger partial charge in [-0.25, -0.2) is 9.78 Å². The number of anilines is 3. The Kier molecular flexibility index (Phi) is 7.75. The van der Waals surface area contributed by atoms with Crippen molar-refractivity contribution in [2.75, 3.05) is 23.3 Å². The molecular weight excluding hydrogens is 416 g/mol. The van der Waals surface area contributed by atoms with Crippen molar-refractivity contribution in [2.45, 2.75) is 71.9 Å². The minimum absolute atomic E-state index is 0.000557. The molecule has 1 atom stereocenters. The van der Waals surface area contributed by atoms with Crippen molar-refractivity contribution in [1.82, 2.24) is 15.3 Å². The van der Waals surface area contributed by atoms with E-state index in [4.69, 9.17) is 14.7 Å². The number of hydrogen-bond donors (Lipinski definition) is 2. The molecule has 2 heterocycles. The van der Waals surface area contributed by atoms with Gasteiger partial charge in [-0.05, 0) is 64.7 Å². The Labute approximate surface area is 196 Å². The normalized spacial score (nSPS) is 15.8. The SMILES string of the molecule is CCCCc1cc(N2CCC(NC(=O)OC(C)(C)C)C2)nc(Nc2ccc(C)c(C#N)c2)n1. The maximum atomic E-state index is 12.2. The van der Waals surface area contributed by atoms with Gasteiger partial charge in [0.15, 0.2) is 0 Å². The average Bonchev–Trinajstić information content (AvgIpc) is 3.20. The van der Waals surface area contributed by atoms with E-state index in [0.717, 1.165) is 55.0 Å². The fourth-order valence-electron chi connectivity index (χ4n) is 3.70. The van der Waals surface area contributed by atoms with E-state index in [2.05, 4.69) is 28.5 Å². The number of nitrogens with zero attached hydrogens (tertiary/aromatic N) is 4. The number of carbonyl (C=O) groups is 1. The molecule has 0 spiro atoms. The maximum Gasteiger partial charge on any atom is 0.407 e. The Balaban J connectivity index is 1.76. The van der Waals surface area contributed by atoms with Crippen molar-refractivity contribution in [1.29, 1.82) is 5.26 Å². The van der Waals surface area contributed by atoms with Crippen LogP contribution in [0.1, 0.15) is 63.8 Å². The molecule has 2 N–H and O–H groups in total. The van der Waals surface area contributed by atoms with Crippen molar-refractivity contribution in [3.05, 3.63) is 41.1 Å². The largest absolute Gasteiger partial charge is 0.444 e. The second-order valence-corrected chi connectivity index (χ2v) is 9.49. The summed E-state index contributed by atoms with van der Waals surface area (Å²) in [4.78, 5) is 23.8. The third-order valence-electron chi connectivity index (χ3n) is 5.40. The highest BCUT2D eigenvalue weighted by atomic mass is 16.6. The van der Waals surface area contributed by atoms with Crippen LogP contribution in [-0.4, -0.2) is 40.8 Å². The van der Waals surface area contributed by atoms with Gasteiger partial charge in [0.05, 0.1) is 17.7 Å². The van der Waals surface area contributed by atoms with E-state index in [0.29, 0.717) is 18.1 Å². The molecule has 8 heteroatoms. The number of rotatable bonds is 7. The molecule has 0 aliphatic carbocycles. The number of alkyl carbamates (subject to hydrolysis) is 1. The highest BCUT2D eigenvalue weighted by molar-refractivity contribution is 5.68. The zero-order valence-electron chi connectivity index (χ0n) is 20.2. The van der Waals surface area contributed by atoms with E-state index in [-0.39, 0.29) is 6.04 Å². The van der Waals surface area contributed by atoms with Gasteiger partial charge in [0, 0.05) is 30.5 Å². The Morgan fingerprint density at radius 2 is 2.09 bits per heavy atom. The molecule has 0 radical (unpaired) electrons. The number of carbonyl (C=O) groups excluding carboxylic acids is 1. The Hall–Kier alpha value is -3.34.